The number of nitrogens with zero attached hydrogens (tertiary/aromatic N) is 3. The third-order valence-electron chi connectivity index (χ3n) is 7.94. The van der Waals surface area contributed by atoms with E-state index in [0.29, 0.717) is 0 Å². The number of rotatable bonds is 3. The van der Waals surface area contributed by atoms with Gasteiger partial charge >= 0.3 is 0 Å². The second kappa shape index (κ2) is 8.35. The van der Waals surface area contributed by atoms with Gasteiger partial charge < -0.3 is 4.90 Å². The number of piperidine rings is 1. The van der Waals surface area contributed by atoms with Crippen molar-refractivity contribution in [3.63, 3.8) is 0 Å². The molecule has 3 nitrogen and oxygen atoms in total. The fourth-order valence-corrected chi connectivity index (χ4v) is 6.38. The van der Waals surface area contributed by atoms with Crippen molar-refractivity contribution in [3.05, 3.63) is 77.1 Å². The largest absolute Gasteiger partial charge is 0.356 e. The van der Waals surface area contributed by atoms with Crippen LogP contribution in [-0.2, 0) is 18.3 Å². The van der Waals surface area contributed by atoms with Crippen LogP contribution in [-0.4, -0.2) is 23.1 Å². The lowest BCUT2D eigenvalue weighted by Gasteiger charge is -2.45. The number of aromatic nitrogens is 2. The van der Waals surface area contributed by atoms with E-state index in [1.165, 1.54) is 85.1 Å². The van der Waals surface area contributed by atoms with Crippen LogP contribution in [0.1, 0.15) is 73.9 Å². The summed E-state index contributed by atoms with van der Waals surface area (Å²) in [5.74, 6) is 2.23. The fourth-order valence-electron chi connectivity index (χ4n) is 6.38. The van der Waals surface area contributed by atoms with Gasteiger partial charge in [-0.15, -0.1) is 0 Å². The van der Waals surface area contributed by atoms with Crippen LogP contribution in [0.4, 0.5) is 5.82 Å². The third kappa shape index (κ3) is 3.52. The second-order valence-corrected chi connectivity index (χ2v) is 10.1. The van der Waals surface area contributed by atoms with Crippen molar-refractivity contribution >= 4 is 5.82 Å². The van der Waals surface area contributed by atoms with Crippen LogP contribution >= 0.6 is 0 Å². The maximum Gasteiger partial charge on any atom is 0.136 e. The molecule has 0 N–H and O–H groups in total. The molecule has 2 heterocycles. The highest BCUT2D eigenvalue weighted by Gasteiger charge is 2.44. The molecule has 0 unspecified atom stereocenters. The van der Waals surface area contributed by atoms with Crippen LogP contribution in [0.15, 0.2) is 54.6 Å². The van der Waals surface area contributed by atoms with Crippen LogP contribution < -0.4 is 4.90 Å². The Balaban J connectivity index is 1.56. The first kappa shape index (κ1) is 20.0. The topological polar surface area (TPSA) is 29.0 Å². The zero-order chi connectivity index (χ0) is 21.4. The van der Waals surface area contributed by atoms with E-state index in [9.17, 15) is 0 Å². The molecule has 1 aliphatic heterocycles. The molecule has 1 aromatic heterocycles. The lowest BCUT2D eigenvalue weighted by atomic mass is 9.62. The standard InChI is InChI=1S/C29H33N3/c1-4-12-22(13-5-1)20-25-30-27-24-15-7-6-14-23(24)21-29(16-8-2-9-17-29)26(27)28(31-25)32-18-10-3-11-19-32/h1,4-7,12-15H,2-3,8-11,16-21H2. The molecule has 0 atom stereocenters. The monoisotopic (exact) mass is 423 g/mol. The third-order valence-corrected chi connectivity index (χ3v) is 7.94. The minimum atomic E-state index is 0.208. The van der Waals surface area contributed by atoms with Gasteiger partial charge in [0.15, 0.2) is 0 Å². The van der Waals surface area contributed by atoms with Crippen molar-refractivity contribution in [1.82, 2.24) is 9.97 Å². The first-order valence-electron chi connectivity index (χ1n) is 12.6. The minimum Gasteiger partial charge on any atom is -0.356 e. The highest BCUT2D eigenvalue weighted by molar-refractivity contribution is 5.77. The Morgan fingerprint density at radius 1 is 0.750 bits per heavy atom. The summed E-state index contributed by atoms with van der Waals surface area (Å²) >= 11 is 0. The predicted octanol–water partition coefficient (Wildman–Crippen LogP) is 6.48. The number of anilines is 1. The molecule has 1 saturated heterocycles. The second-order valence-electron chi connectivity index (χ2n) is 10.1. The van der Waals surface area contributed by atoms with E-state index < -0.39 is 0 Å². The van der Waals surface area contributed by atoms with E-state index in [-0.39, 0.29) is 5.41 Å². The highest BCUT2D eigenvalue weighted by atomic mass is 15.2. The van der Waals surface area contributed by atoms with Gasteiger partial charge in [-0.1, -0.05) is 73.9 Å². The maximum absolute atomic E-state index is 5.34. The molecule has 2 aromatic carbocycles. The zero-order valence-corrected chi connectivity index (χ0v) is 19.0. The normalized spacial score (nSPS) is 19.4. The van der Waals surface area contributed by atoms with Crippen molar-refractivity contribution in [2.45, 2.75) is 69.6 Å². The molecule has 32 heavy (non-hydrogen) atoms. The van der Waals surface area contributed by atoms with Gasteiger partial charge in [0.05, 0.1) is 5.69 Å². The van der Waals surface area contributed by atoms with E-state index in [0.717, 1.165) is 31.8 Å². The Bertz CT molecular complexity index is 1090. The summed E-state index contributed by atoms with van der Waals surface area (Å²) in [6.45, 7) is 2.26. The molecule has 2 fully saturated rings. The van der Waals surface area contributed by atoms with Gasteiger partial charge in [-0.25, -0.2) is 9.97 Å². The van der Waals surface area contributed by atoms with Crippen molar-refractivity contribution in [2.75, 3.05) is 18.0 Å². The van der Waals surface area contributed by atoms with Crippen LogP contribution in [0.3, 0.4) is 0 Å². The van der Waals surface area contributed by atoms with Crippen molar-refractivity contribution in [2.24, 2.45) is 0 Å². The summed E-state index contributed by atoms with van der Waals surface area (Å²) in [6.07, 6.45) is 12.4. The van der Waals surface area contributed by atoms with Crippen LogP contribution in [0, 0.1) is 0 Å². The number of hydrogen-bond acceptors (Lipinski definition) is 3. The highest BCUT2D eigenvalue weighted by Crippen LogP contribution is 2.52. The van der Waals surface area contributed by atoms with Gasteiger partial charge in [-0.3, -0.25) is 0 Å². The Hall–Kier alpha value is -2.68. The Morgan fingerprint density at radius 3 is 2.28 bits per heavy atom. The van der Waals surface area contributed by atoms with Gasteiger partial charge in [0.2, 0.25) is 0 Å². The van der Waals surface area contributed by atoms with E-state index in [1.54, 1.807) is 0 Å². The minimum absolute atomic E-state index is 0.208. The quantitative estimate of drug-likeness (QED) is 0.482. The van der Waals surface area contributed by atoms with E-state index in [2.05, 4.69) is 59.5 Å². The van der Waals surface area contributed by atoms with Crippen molar-refractivity contribution in [3.8, 4) is 11.3 Å². The summed E-state index contributed by atoms with van der Waals surface area (Å²) in [6, 6.07) is 19.7. The molecule has 0 bridgehead atoms. The van der Waals surface area contributed by atoms with Gasteiger partial charge in [-0.05, 0) is 49.7 Å². The molecule has 3 aromatic rings. The average Bonchev–Trinajstić information content (AvgIpc) is 2.85. The van der Waals surface area contributed by atoms with E-state index >= 15 is 0 Å². The van der Waals surface area contributed by atoms with Crippen molar-refractivity contribution < 1.29 is 0 Å². The predicted molar refractivity (Wildman–Crippen MR) is 131 cm³/mol. The lowest BCUT2D eigenvalue weighted by Crippen LogP contribution is -2.40. The maximum atomic E-state index is 5.34. The molecular formula is C29H33N3. The molecule has 0 radical (unpaired) electrons. The molecule has 6 rings (SSSR count). The number of benzene rings is 2. The van der Waals surface area contributed by atoms with Gasteiger partial charge in [0.25, 0.3) is 0 Å². The Labute approximate surface area is 191 Å². The molecule has 164 valence electrons. The summed E-state index contributed by atoms with van der Waals surface area (Å²) in [5.41, 5.74) is 7.03. The smallest absolute Gasteiger partial charge is 0.136 e. The summed E-state index contributed by atoms with van der Waals surface area (Å²) in [5, 5.41) is 0. The van der Waals surface area contributed by atoms with Gasteiger partial charge in [-0.2, -0.15) is 0 Å². The summed E-state index contributed by atoms with van der Waals surface area (Å²) in [4.78, 5) is 13.3. The zero-order valence-electron chi connectivity index (χ0n) is 19.0. The first-order chi connectivity index (χ1) is 15.8. The summed E-state index contributed by atoms with van der Waals surface area (Å²) in [7, 11) is 0. The van der Waals surface area contributed by atoms with Crippen LogP contribution in [0.2, 0.25) is 0 Å². The van der Waals surface area contributed by atoms with Crippen molar-refractivity contribution in [1.29, 1.82) is 0 Å². The number of fused-ring (bicyclic) bond motifs is 4. The van der Waals surface area contributed by atoms with Crippen LogP contribution in [0.5, 0.6) is 0 Å². The van der Waals surface area contributed by atoms with E-state index in [4.69, 9.17) is 9.97 Å². The van der Waals surface area contributed by atoms with Gasteiger partial charge in [0, 0.05) is 36.1 Å². The summed E-state index contributed by atoms with van der Waals surface area (Å²) < 4.78 is 0. The molecule has 3 aliphatic rings. The lowest BCUT2D eigenvalue weighted by molar-refractivity contribution is 0.286. The fraction of sp³-hybridized carbons (Fsp3) is 0.448. The molecule has 2 aliphatic carbocycles. The molecular weight excluding hydrogens is 390 g/mol. The first-order valence-corrected chi connectivity index (χ1v) is 12.6. The molecule has 3 heteroatoms. The Morgan fingerprint density at radius 2 is 1.47 bits per heavy atom. The molecule has 0 amide bonds. The average molecular weight is 424 g/mol. The SMILES string of the molecule is c1ccc(Cc2nc3c(c(N4CCCCC4)n2)C2(CCCCC2)Cc2ccccc2-3)cc1. The van der Waals surface area contributed by atoms with Crippen LogP contribution in [0.25, 0.3) is 11.3 Å². The van der Waals surface area contributed by atoms with Gasteiger partial charge in [0.1, 0.15) is 11.6 Å². The Kier molecular flexibility index (Phi) is 5.21. The van der Waals surface area contributed by atoms with E-state index in [1.807, 2.05) is 0 Å². The molecule has 1 spiro atoms. The number of hydrogen-bond donors (Lipinski definition) is 0. The molecule has 1 saturated carbocycles.